The lowest BCUT2D eigenvalue weighted by molar-refractivity contribution is 0.482. The number of anilines is 3. The molecule has 3 aromatic rings. The summed E-state index contributed by atoms with van der Waals surface area (Å²) in [6, 6.07) is 19.9. The van der Waals surface area contributed by atoms with Gasteiger partial charge in [-0.3, -0.25) is 13.7 Å². The Labute approximate surface area is 287 Å². The molecule has 9 nitrogen and oxygen atoms in total. The molecule has 0 saturated heterocycles. The Balaban J connectivity index is 0.000000353. The first-order valence-corrected chi connectivity index (χ1v) is 23.0. The highest BCUT2D eigenvalue weighted by Gasteiger charge is 2.09. The number of benzene rings is 3. The van der Waals surface area contributed by atoms with Crippen LogP contribution in [-0.2, 0) is 13.7 Å². The smallest absolute Gasteiger partial charge is 0.197 e. The maximum atomic E-state index is 11.1. The summed E-state index contributed by atoms with van der Waals surface area (Å²) < 4.78 is 33.1. The zero-order chi connectivity index (χ0) is 35.7. The molecule has 47 heavy (non-hydrogen) atoms. The fourth-order valence-corrected chi connectivity index (χ4v) is 6.77. The number of aryl methyl sites for hydroxylation is 4. The Morgan fingerprint density at radius 1 is 0.553 bits per heavy atom. The summed E-state index contributed by atoms with van der Waals surface area (Å²) in [5, 5.41) is 10.3. The van der Waals surface area contributed by atoms with Crippen LogP contribution in [0.15, 0.2) is 60.7 Å². The molecule has 13 heteroatoms. The van der Waals surface area contributed by atoms with Crippen molar-refractivity contribution in [3.8, 4) is 0 Å². The molecule has 6 N–H and O–H groups in total. The van der Waals surface area contributed by atoms with E-state index in [-0.39, 0.29) is 0 Å². The van der Waals surface area contributed by atoms with Gasteiger partial charge in [-0.25, -0.2) is 0 Å². The van der Waals surface area contributed by atoms with Gasteiger partial charge in [0.2, 0.25) is 0 Å². The number of rotatable bonds is 15. The van der Waals surface area contributed by atoms with Gasteiger partial charge in [0.15, 0.2) is 22.1 Å². The van der Waals surface area contributed by atoms with Crippen LogP contribution in [0.1, 0.15) is 41.5 Å². The van der Waals surface area contributed by atoms with Gasteiger partial charge in [-0.1, -0.05) is 29.8 Å². The Hall–Kier alpha value is -2.08. The fourth-order valence-electron chi connectivity index (χ4n) is 4.34. The zero-order valence-corrected chi connectivity index (χ0v) is 32.4. The SMILES string of the molecule is CP(=O)(O)CCCNc1cccc(Cl)c1.Cc1cc(C)cc(NCCCP(C)(=O)O)c1.Cc1ccc(NCCCP(C)(=O)O)cc1C. The molecule has 0 aliphatic heterocycles. The first-order valence-electron chi connectivity index (χ1n) is 15.7. The molecule has 264 valence electrons. The van der Waals surface area contributed by atoms with Gasteiger partial charge in [0, 0.05) is 80.2 Å². The van der Waals surface area contributed by atoms with Gasteiger partial charge in [0.25, 0.3) is 0 Å². The molecular formula is C34H55ClN3O6P3. The minimum absolute atomic E-state index is 0.348. The van der Waals surface area contributed by atoms with Crippen molar-refractivity contribution in [3.63, 3.8) is 0 Å². The highest BCUT2D eigenvalue weighted by atomic mass is 35.5. The summed E-state index contributed by atoms with van der Waals surface area (Å²) >= 11 is 5.81. The second kappa shape index (κ2) is 21.1. The molecule has 0 bridgehead atoms. The average Bonchev–Trinajstić information content (AvgIpc) is 2.92. The minimum Gasteiger partial charge on any atom is -0.385 e. The second-order valence-electron chi connectivity index (χ2n) is 12.4. The molecule has 0 aliphatic rings. The van der Waals surface area contributed by atoms with Crippen molar-refractivity contribution in [2.75, 3.05) is 74.1 Å². The Morgan fingerprint density at radius 3 is 1.38 bits per heavy atom. The van der Waals surface area contributed by atoms with E-state index >= 15 is 0 Å². The quantitative estimate of drug-likeness (QED) is 0.0666. The Kier molecular flexibility index (Phi) is 19.3. The first kappa shape index (κ1) is 42.9. The van der Waals surface area contributed by atoms with Crippen LogP contribution >= 0.6 is 33.7 Å². The van der Waals surface area contributed by atoms with Crippen molar-refractivity contribution in [1.82, 2.24) is 0 Å². The molecule has 0 radical (unpaired) electrons. The number of hydrogen-bond acceptors (Lipinski definition) is 6. The molecular weight excluding hydrogens is 675 g/mol. The van der Waals surface area contributed by atoms with Crippen LogP contribution in [0.2, 0.25) is 5.02 Å². The van der Waals surface area contributed by atoms with Crippen molar-refractivity contribution >= 4 is 50.8 Å². The molecule has 3 unspecified atom stereocenters. The Bertz CT molecular complexity index is 1500. The summed E-state index contributed by atoms with van der Waals surface area (Å²) in [5.74, 6) is 0. The largest absolute Gasteiger partial charge is 0.385 e. The van der Waals surface area contributed by atoms with Crippen LogP contribution in [-0.4, -0.2) is 72.8 Å². The van der Waals surface area contributed by atoms with Gasteiger partial charge in [-0.15, -0.1) is 0 Å². The first-order chi connectivity index (χ1) is 21.7. The molecule has 3 aromatic carbocycles. The molecule has 0 heterocycles. The second-order valence-corrected chi connectivity index (χ2v) is 20.4. The maximum absolute atomic E-state index is 11.1. The minimum atomic E-state index is -2.86. The van der Waals surface area contributed by atoms with E-state index < -0.39 is 22.1 Å². The van der Waals surface area contributed by atoms with Crippen LogP contribution in [0.5, 0.6) is 0 Å². The van der Waals surface area contributed by atoms with Crippen LogP contribution in [0.25, 0.3) is 0 Å². The summed E-state index contributed by atoms with van der Waals surface area (Å²) in [7, 11) is -8.55. The van der Waals surface area contributed by atoms with Crippen LogP contribution < -0.4 is 16.0 Å². The van der Waals surface area contributed by atoms with Crippen LogP contribution in [0.3, 0.4) is 0 Å². The van der Waals surface area contributed by atoms with Gasteiger partial charge < -0.3 is 30.6 Å². The lowest BCUT2D eigenvalue weighted by Crippen LogP contribution is -2.04. The highest BCUT2D eigenvalue weighted by Crippen LogP contribution is 2.36. The van der Waals surface area contributed by atoms with E-state index in [1.807, 2.05) is 24.3 Å². The summed E-state index contributed by atoms with van der Waals surface area (Å²) in [6.45, 7) is 14.6. The number of hydrogen-bond donors (Lipinski definition) is 6. The molecule has 0 amide bonds. The normalized spacial score (nSPS) is 14.5. The standard InChI is InChI=1S/2C12H20NO2P.C10H15ClNO2P/c1-10-5-6-12(9-11(10)2)13-7-4-8-16(3,14)15;1-10-7-11(2)9-12(8-10)13-5-4-6-16(3,14)15;1-15(13,14)7-3-6-12-10-5-2-4-9(11)8-10/h5-6,9,13H,4,7-8H2,1-3H3,(H,14,15);7-9,13H,4-6H2,1-3H3,(H,14,15);2,4-5,8,12H,3,6-7H2,1H3,(H,13,14). The van der Waals surface area contributed by atoms with E-state index in [9.17, 15) is 13.7 Å². The molecule has 0 aliphatic carbocycles. The van der Waals surface area contributed by atoms with Crippen molar-refractivity contribution in [2.45, 2.75) is 47.0 Å². The number of halogens is 1. The maximum Gasteiger partial charge on any atom is 0.197 e. The van der Waals surface area contributed by atoms with Crippen molar-refractivity contribution in [3.05, 3.63) is 87.9 Å². The highest BCUT2D eigenvalue weighted by molar-refractivity contribution is 7.57. The third-order valence-electron chi connectivity index (χ3n) is 6.79. The van der Waals surface area contributed by atoms with Crippen LogP contribution in [0.4, 0.5) is 17.1 Å². The number of nitrogens with one attached hydrogen (secondary N) is 3. The van der Waals surface area contributed by atoms with E-state index in [1.54, 1.807) is 6.07 Å². The lowest BCUT2D eigenvalue weighted by Gasteiger charge is -2.09. The topological polar surface area (TPSA) is 148 Å². The summed E-state index contributed by atoms with van der Waals surface area (Å²) in [6.07, 6.45) is 3.22. The summed E-state index contributed by atoms with van der Waals surface area (Å²) in [5.41, 5.74) is 8.09. The fraction of sp³-hybridized carbons (Fsp3) is 0.471. The predicted octanol–water partition coefficient (Wildman–Crippen LogP) is 9.05. The molecule has 0 fully saturated rings. The van der Waals surface area contributed by atoms with E-state index in [0.717, 1.165) is 43.0 Å². The average molecular weight is 730 g/mol. The Morgan fingerprint density at radius 2 is 0.979 bits per heavy atom. The third-order valence-corrected chi connectivity index (χ3v) is 10.5. The van der Waals surface area contributed by atoms with E-state index in [0.29, 0.717) is 36.5 Å². The monoisotopic (exact) mass is 729 g/mol. The lowest BCUT2D eigenvalue weighted by atomic mass is 10.1. The summed E-state index contributed by atoms with van der Waals surface area (Å²) in [4.78, 5) is 27.3. The molecule has 3 rings (SSSR count). The molecule has 3 atom stereocenters. The zero-order valence-electron chi connectivity index (χ0n) is 28.9. The van der Waals surface area contributed by atoms with Gasteiger partial charge in [0.1, 0.15) is 0 Å². The van der Waals surface area contributed by atoms with E-state index in [4.69, 9.17) is 26.3 Å². The van der Waals surface area contributed by atoms with Gasteiger partial charge in [0.05, 0.1) is 0 Å². The van der Waals surface area contributed by atoms with Gasteiger partial charge in [-0.2, -0.15) is 0 Å². The van der Waals surface area contributed by atoms with E-state index in [2.05, 4.69) is 74.0 Å². The third kappa shape index (κ3) is 23.8. The van der Waals surface area contributed by atoms with E-state index in [1.165, 1.54) is 42.2 Å². The van der Waals surface area contributed by atoms with Crippen molar-refractivity contribution in [2.24, 2.45) is 0 Å². The predicted molar refractivity (Wildman–Crippen MR) is 204 cm³/mol. The molecule has 0 spiro atoms. The molecule has 0 aromatic heterocycles. The molecule has 0 saturated carbocycles. The van der Waals surface area contributed by atoms with Gasteiger partial charge >= 0.3 is 0 Å². The van der Waals surface area contributed by atoms with Crippen molar-refractivity contribution in [1.29, 1.82) is 0 Å². The van der Waals surface area contributed by atoms with Gasteiger partial charge in [-0.05, 0) is 112 Å². The van der Waals surface area contributed by atoms with Crippen LogP contribution in [0, 0.1) is 27.7 Å². The van der Waals surface area contributed by atoms with Crippen molar-refractivity contribution < 1.29 is 28.4 Å².